The highest BCUT2D eigenvalue weighted by Crippen LogP contribution is 2.42. The van der Waals surface area contributed by atoms with Crippen LogP contribution in [-0.2, 0) is 11.4 Å². The van der Waals surface area contributed by atoms with Crippen LogP contribution in [0.4, 0.5) is 0 Å². The number of benzene rings is 2. The first-order valence-electron chi connectivity index (χ1n) is 14.2. The molecule has 0 aliphatic heterocycles. The lowest BCUT2D eigenvalue weighted by Crippen LogP contribution is -2.37. The number of aliphatic carboxylic acids is 1. The van der Waals surface area contributed by atoms with Crippen molar-refractivity contribution in [3.63, 3.8) is 0 Å². The van der Waals surface area contributed by atoms with Gasteiger partial charge in [0.1, 0.15) is 18.1 Å². The van der Waals surface area contributed by atoms with Crippen LogP contribution in [0.2, 0.25) is 0 Å². The monoisotopic (exact) mass is 547 g/mol. The summed E-state index contributed by atoms with van der Waals surface area (Å²) in [4.78, 5) is 24.9. The highest BCUT2D eigenvalue weighted by molar-refractivity contribution is 5.94. The maximum atomic E-state index is 13.5. The number of carbonyl (C=O) groups is 2. The molecule has 1 unspecified atom stereocenters. The van der Waals surface area contributed by atoms with Crippen molar-refractivity contribution in [3.8, 4) is 22.8 Å². The van der Waals surface area contributed by atoms with Gasteiger partial charge in [-0.1, -0.05) is 57.2 Å². The fourth-order valence-electron chi connectivity index (χ4n) is 5.48. The SMILES string of the molecule is COc1cccc(OCc2ccccc2)c1-c1cc(C(=O)NC(CC(=O)O)CC(C)C)nn1C1CCC(C)CC1. The van der Waals surface area contributed by atoms with Gasteiger partial charge in [0.05, 0.1) is 30.8 Å². The van der Waals surface area contributed by atoms with Gasteiger partial charge >= 0.3 is 5.97 Å². The highest BCUT2D eigenvalue weighted by atomic mass is 16.5. The molecule has 1 amide bonds. The molecule has 0 radical (unpaired) electrons. The third-order valence-electron chi connectivity index (χ3n) is 7.51. The molecule has 8 nitrogen and oxygen atoms in total. The van der Waals surface area contributed by atoms with Gasteiger partial charge in [-0.2, -0.15) is 5.10 Å². The van der Waals surface area contributed by atoms with Crippen molar-refractivity contribution in [2.24, 2.45) is 11.8 Å². The number of rotatable bonds is 12. The molecule has 0 bridgehead atoms. The second kappa shape index (κ2) is 13.5. The molecule has 2 aromatic carbocycles. The summed E-state index contributed by atoms with van der Waals surface area (Å²) in [5.74, 6) is 0.845. The van der Waals surface area contributed by atoms with E-state index in [9.17, 15) is 14.7 Å². The molecule has 1 saturated carbocycles. The van der Waals surface area contributed by atoms with E-state index in [4.69, 9.17) is 14.6 Å². The zero-order valence-corrected chi connectivity index (χ0v) is 23.9. The second-order valence-electron chi connectivity index (χ2n) is 11.3. The van der Waals surface area contributed by atoms with Crippen LogP contribution >= 0.6 is 0 Å². The van der Waals surface area contributed by atoms with Gasteiger partial charge in [0.2, 0.25) is 0 Å². The fourth-order valence-corrected chi connectivity index (χ4v) is 5.48. The lowest BCUT2D eigenvalue weighted by atomic mass is 9.87. The molecule has 1 heterocycles. The molecule has 0 spiro atoms. The van der Waals surface area contributed by atoms with Crippen LogP contribution in [0.25, 0.3) is 11.3 Å². The number of aromatic nitrogens is 2. The van der Waals surface area contributed by atoms with Crippen molar-refractivity contribution in [3.05, 3.63) is 65.9 Å². The Hall–Kier alpha value is -3.81. The van der Waals surface area contributed by atoms with Gasteiger partial charge in [0.15, 0.2) is 5.69 Å². The Labute approximate surface area is 236 Å². The van der Waals surface area contributed by atoms with Crippen molar-refractivity contribution in [1.29, 1.82) is 0 Å². The van der Waals surface area contributed by atoms with Crippen molar-refractivity contribution in [1.82, 2.24) is 15.1 Å². The molecule has 1 aromatic heterocycles. The van der Waals surface area contributed by atoms with E-state index >= 15 is 0 Å². The predicted octanol–water partition coefficient (Wildman–Crippen LogP) is 6.51. The molecule has 1 atom stereocenters. The van der Waals surface area contributed by atoms with Gasteiger partial charge in [-0.05, 0) is 67.7 Å². The number of methoxy groups -OCH3 is 1. The minimum Gasteiger partial charge on any atom is -0.496 e. The number of carboxylic acid groups (broad SMARTS) is 1. The molecule has 1 fully saturated rings. The molecule has 1 aliphatic rings. The summed E-state index contributed by atoms with van der Waals surface area (Å²) >= 11 is 0. The van der Waals surface area contributed by atoms with Gasteiger partial charge in [-0.15, -0.1) is 0 Å². The van der Waals surface area contributed by atoms with E-state index in [0.29, 0.717) is 30.4 Å². The van der Waals surface area contributed by atoms with E-state index in [1.807, 2.05) is 67.1 Å². The maximum absolute atomic E-state index is 13.5. The number of hydrogen-bond donors (Lipinski definition) is 2. The first kappa shape index (κ1) is 29.2. The molecule has 40 heavy (non-hydrogen) atoms. The smallest absolute Gasteiger partial charge is 0.305 e. The third kappa shape index (κ3) is 7.43. The molecule has 3 aromatic rings. The molecule has 0 saturated heterocycles. The Morgan fingerprint density at radius 3 is 2.40 bits per heavy atom. The topological polar surface area (TPSA) is 103 Å². The number of amides is 1. The van der Waals surface area contributed by atoms with E-state index in [-0.39, 0.29) is 30.0 Å². The highest BCUT2D eigenvalue weighted by Gasteiger charge is 2.29. The lowest BCUT2D eigenvalue weighted by molar-refractivity contribution is -0.137. The lowest BCUT2D eigenvalue weighted by Gasteiger charge is -2.28. The Bertz CT molecular complexity index is 1280. The van der Waals surface area contributed by atoms with Crippen LogP contribution in [-0.4, -0.2) is 39.9 Å². The Morgan fingerprint density at radius 2 is 1.75 bits per heavy atom. The van der Waals surface area contributed by atoms with Crippen molar-refractivity contribution in [2.75, 3.05) is 7.11 Å². The second-order valence-corrected chi connectivity index (χ2v) is 11.3. The Balaban J connectivity index is 1.73. The summed E-state index contributed by atoms with van der Waals surface area (Å²) in [7, 11) is 1.62. The normalized spacial score (nSPS) is 17.8. The van der Waals surface area contributed by atoms with Crippen LogP contribution in [0.5, 0.6) is 11.5 Å². The zero-order valence-electron chi connectivity index (χ0n) is 23.9. The van der Waals surface area contributed by atoms with Gasteiger partial charge in [0, 0.05) is 6.04 Å². The number of nitrogens with zero attached hydrogens (tertiary/aromatic N) is 2. The van der Waals surface area contributed by atoms with Gasteiger partial charge in [0.25, 0.3) is 5.91 Å². The first-order chi connectivity index (χ1) is 19.2. The molecule has 2 N–H and O–H groups in total. The number of hydrogen-bond acceptors (Lipinski definition) is 5. The predicted molar refractivity (Wildman–Crippen MR) is 155 cm³/mol. The summed E-state index contributed by atoms with van der Waals surface area (Å²) in [6.45, 7) is 6.68. The standard InChI is InChI=1S/C32H41N3O5/c1-21(2)17-24(18-30(36)37)33-32(38)26-19-27(35(34-26)25-15-13-22(3)14-16-25)31-28(39-4)11-8-12-29(31)40-20-23-9-6-5-7-10-23/h5-12,19,21-22,24-25H,13-18,20H2,1-4H3,(H,33,38)(H,36,37). The van der Waals surface area contributed by atoms with Crippen molar-refractivity contribution in [2.45, 2.75) is 78.0 Å². The molecular formula is C32H41N3O5. The summed E-state index contributed by atoms with van der Waals surface area (Å²) in [5, 5.41) is 17.1. The van der Waals surface area contributed by atoms with Crippen LogP contribution in [0.3, 0.4) is 0 Å². The van der Waals surface area contributed by atoms with E-state index in [1.54, 1.807) is 13.2 Å². The average molecular weight is 548 g/mol. The fraction of sp³-hybridized carbons (Fsp3) is 0.469. The quantitative estimate of drug-likeness (QED) is 0.268. The molecule has 8 heteroatoms. The zero-order chi connectivity index (χ0) is 28.6. The Kier molecular flexibility index (Phi) is 9.85. The minimum absolute atomic E-state index is 0.130. The van der Waals surface area contributed by atoms with Crippen molar-refractivity contribution >= 4 is 11.9 Å². The summed E-state index contributed by atoms with van der Waals surface area (Å²) in [5.41, 5.74) is 2.80. The van der Waals surface area contributed by atoms with Gasteiger partial charge in [-0.25, -0.2) is 0 Å². The largest absolute Gasteiger partial charge is 0.496 e. The number of carboxylic acids is 1. The van der Waals surface area contributed by atoms with Crippen LogP contribution in [0.15, 0.2) is 54.6 Å². The van der Waals surface area contributed by atoms with E-state index in [0.717, 1.165) is 42.5 Å². The molecule has 214 valence electrons. The maximum Gasteiger partial charge on any atom is 0.305 e. The van der Waals surface area contributed by atoms with Crippen LogP contribution in [0, 0.1) is 11.8 Å². The number of ether oxygens (including phenoxy) is 2. The van der Waals surface area contributed by atoms with Crippen LogP contribution < -0.4 is 14.8 Å². The number of carbonyl (C=O) groups excluding carboxylic acids is 1. The van der Waals surface area contributed by atoms with E-state index < -0.39 is 12.0 Å². The summed E-state index contributed by atoms with van der Waals surface area (Å²) in [6.07, 6.45) is 4.52. The van der Waals surface area contributed by atoms with Crippen LogP contribution in [0.1, 0.15) is 81.4 Å². The van der Waals surface area contributed by atoms with Crippen molar-refractivity contribution < 1.29 is 24.2 Å². The van der Waals surface area contributed by atoms with Gasteiger partial charge < -0.3 is 19.9 Å². The molecule has 4 rings (SSSR count). The van der Waals surface area contributed by atoms with E-state index in [1.165, 1.54) is 0 Å². The first-order valence-corrected chi connectivity index (χ1v) is 14.2. The molecule has 1 aliphatic carbocycles. The van der Waals surface area contributed by atoms with Gasteiger partial charge in [-0.3, -0.25) is 14.3 Å². The summed E-state index contributed by atoms with van der Waals surface area (Å²) in [6, 6.07) is 17.1. The summed E-state index contributed by atoms with van der Waals surface area (Å²) < 4.78 is 14.1. The third-order valence-corrected chi connectivity index (χ3v) is 7.51. The van der Waals surface area contributed by atoms with E-state index in [2.05, 4.69) is 12.2 Å². The molecular weight excluding hydrogens is 506 g/mol. The average Bonchev–Trinajstić information content (AvgIpc) is 3.37. The Morgan fingerprint density at radius 1 is 1.05 bits per heavy atom. The minimum atomic E-state index is -0.942. The number of nitrogens with one attached hydrogen (secondary N) is 1.